The highest BCUT2D eigenvalue weighted by Gasteiger charge is 2.13. The van der Waals surface area contributed by atoms with Crippen LogP contribution in [0.1, 0.15) is 25.6 Å². The van der Waals surface area contributed by atoms with Crippen LogP contribution in [0.4, 0.5) is 0 Å². The van der Waals surface area contributed by atoms with Gasteiger partial charge in [-0.15, -0.1) is 0 Å². The van der Waals surface area contributed by atoms with Gasteiger partial charge < -0.3 is 9.84 Å². The van der Waals surface area contributed by atoms with E-state index < -0.39 is 6.10 Å². The highest BCUT2D eigenvalue weighted by molar-refractivity contribution is 14.1. The molecule has 1 rings (SSSR count). The van der Waals surface area contributed by atoms with Crippen molar-refractivity contribution in [2.24, 2.45) is 0 Å². The summed E-state index contributed by atoms with van der Waals surface area (Å²) in [6.07, 6.45) is -0.638. The predicted molar refractivity (Wildman–Crippen MR) is 72.9 cm³/mol. The van der Waals surface area contributed by atoms with Crippen LogP contribution in [0.15, 0.2) is 18.2 Å². The van der Waals surface area contributed by atoms with Gasteiger partial charge in [0.15, 0.2) is 10.9 Å². The van der Waals surface area contributed by atoms with Crippen molar-refractivity contribution in [1.29, 1.82) is 0 Å². The second-order valence-electron chi connectivity index (χ2n) is 3.57. The summed E-state index contributed by atoms with van der Waals surface area (Å²) in [7, 11) is 0. The Morgan fingerprint density at radius 1 is 1.75 bits per heavy atom. The second-order valence-corrected chi connectivity index (χ2v) is 5.09. The first-order valence-corrected chi connectivity index (χ1v) is 6.18. The second kappa shape index (κ2) is 5.84. The average Bonchev–Trinajstić information content (AvgIpc) is 2.15. The van der Waals surface area contributed by atoms with Crippen molar-refractivity contribution in [3.63, 3.8) is 0 Å². The van der Waals surface area contributed by atoms with Gasteiger partial charge in [-0.1, -0.05) is 18.2 Å². The Bertz CT molecular complexity index is 384. The molecule has 1 aromatic heterocycles. The minimum Gasteiger partial charge on any atom is -0.485 e. The van der Waals surface area contributed by atoms with E-state index in [1.54, 1.807) is 13.0 Å². The van der Waals surface area contributed by atoms with E-state index in [9.17, 15) is 5.11 Å². The van der Waals surface area contributed by atoms with Crippen molar-refractivity contribution >= 4 is 34.2 Å². The van der Waals surface area contributed by atoms with Gasteiger partial charge in [0.25, 0.3) is 0 Å². The van der Waals surface area contributed by atoms with E-state index in [1.165, 1.54) is 0 Å². The average molecular weight is 354 g/mol. The van der Waals surface area contributed by atoms with Crippen molar-refractivity contribution in [3.05, 3.63) is 32.6 Å². The van der Waals surface area contributed by atoms with Crippen molar-refractivity contribution in [1.82, 2.24) is 4.98 Å². The fraction of sp³-hybridized carbons (Fsp3) is 0.364. The van der Waals surface area contributed by atoms with Crippen LogP contribution >= 0.6 is 34.2 Å². The Labute approximate surface area is 114 Å². The fourth-order valence-corrected chi connectivity index (χ4v) is 2.17. The molecule has 0 aromatic carbocycles. The minimum absolute atomic E-state index is 0.268. The maximum atomic E-state index is 9.40. The smallest absolute Gasteiger partial charge is 0.172 e. The van der Waals surface area contributed by atoms with Crippen LogP contribution in [0.3, 0.4) is 0 Å². The van der Waals surface area contributed by atoms with Gasteiger partial charge in [-0.05, 0) is 48.1 Å². The third kappa shape index (κ3) is 3.61. The van der Waals surface area contributed by atoms with E-state index in [-0.39, 0.29) is 5.15 Å². The molecule has 0 fully saturated rings. The van der Waals surface area contributed by atoms with Gasteiger partial charge in [-0.3, -0.25) is 0 Å². The number of rotatable bonds is 4. The molecule has 16 heavy (non-hydrogen) atoms. The molecule has 0 saturated carbocycles. The standard InChI is InChI=1S/C11H13ClINO2/c1-6(2)5-16-10-8(13)4-9(7(3)15)14-11(10)12/h4,7,15H,1,5H2,2-3H3. The van der Waals surface area contributed by atoms with E-state index in [1.807, 2.05) is 6.92 Å². The Balaban J connectivity index is 2.98. The summed E-state index contributed by atoms with van der Waals surface area (Å²) < 4.78 is 6.31. The number of ether oxygens (including phenoxy) is 1. The van der Waals surface area contributed by atoms with Crippen LogP contribution < -0.4 is 4.74 Å². The quantitative estimate of drug-likeness (QED) is 0.513. The van der Waals surface area contributed by atoms with Crippen LogP contribution in [0.2, 0.25) is 5.15 Å². The van der Waals surface area contributed by atoms with Crippen molar-refractivity contribution in [3.8, 4) is 5.75 Å². The number of halogens is 2. The number of aliphatic hydroxyl groups excluding tert-OH is 1. The summed E-state index contributed by atoms with van der Waals surface area (Å²) in [6.45, 7) is 7.67. The molecule has 0 radical (unpaired) electrons. The first-order chi connectivity index (χ1) is 7.41. The number of aromatic nitrogens is 1. The van der Waals surface area contributed by atoms with Gasteiger partial charge in [0.2, 0.25) is 0 Å². The summed E-state index contributed by atoms with van der Waals surface area (Å²) in [5.74, 6) is 0.537. The molecule has 0 bridgehead atoms. The van der Waals surface area contributed by atoms with Gasteiger partial charge in [0, 0.05) is 0 Å². The van der Waals surface area contributed by atoms with Gasteiger partial charge in [0.05, 0.1) is 15.4 Å². The normalized spacial score (nSPS) is 12.3. The van der Waals surface area contributed by atoms with Gasteiger partial charge in [-0.25, -0.2) is 4.98 Å². The SMILES string of the molecule is C=C(C)COc1c(I)cc(C(C)O)nc1Cl. The van der Waals surface area contributed by atoms with Crippen LogP contribution in [0, 0.1) is 3.57 Å². The summed E-state index contributed by atoms with van der Waals surface area (Å²) in [4.78, 5) is 4.07. The molecule has 5 heteroatoms. The third-order valence-electron chi connectivity index (χ3n) is 1.80. The number of aliphatic hydroxyl groups is 1. The molecule has 1 N–H and O–H groups in total. The number of nitrogens with zero attached hydrogens (tertiary/aromatic N) is 1. The minimum atomic E-state index is -0.638. The summed E-state index contributed by atoms with van der Waals surface area (Å²) in [6, 6.07) is 1.75. The number of hydrogen-bond acceptors (Lipinski definition) is 3. The lowest BCUT2D eigenvalue weighted by Crippen LogP contribution is -2.04. The molecule has 1 unspecified atom stereocenters. The van der Waals surface area contributed by atoms with Gasteiger partial charge >= 0.3 is 0 Å². The van der Waals surface area contributed by atoms with Crippen LogP contribution in [-0.4, -0.2) is 16.7 Å². The van der Waals surface area contributed by atoms with E-state index in [0.717, 1.165) is 9.14 Å². The topological polar surface area (TPSA) is 42.4 Å². The highest BCUT2D eigenvalue weighted by Crippen LogP contribution is 2.30. The monoisotopic (exact) mass is 353 g/mol. The van der Waals surface area contributed by atoms with Crippen LogP contribution in [-0.2, 0) is 0 Å². The zero-order valence-electron chi connectivity index (χ0n) is 9.13. The van der Waals surface area contributed by atoms with Crippen molar-refractivity contribution < 1.29 is 9.84 Å². The largest absolute Gasteiger partial charge is 0.485 e. The van der Waals surface area contributed by atoms with Crippen LogP contribution in [0.5, 0.6) is 5.75 Å². The van der Waals surface area contributed by atoms with E-state index >= 15 is 0 Å². The molecule has 0 aliphatic heterocycles. The molecular weight excluding hydrogens is 340 g/mol. The molecule has 1 heterocycles. The molecule has 1 aromatic rings. The van der Waals surface area contributed by atoms with Crippen LogP contribution in [0.25, 0.3) is 0 Å². The fourth-order valence-electron chi connectivity index (χ4n) is 1.03. The molecular formula is C11H13ClINO2. The van der Waals surface area contributed by atoms with E-state index in [4.69, 9.17) is 16.3 Å². The van der Waals surface area contributed by atoms with E-state index in [0.29, 0.717) is 18.1 Å². The lowest BCUT2D eigenvalue weighted by atomic mass is 10.2. The summed E-state index contributed by atoms with van der Waals surface area (Å²) >= 11 is 8.08. The Hall–Kier alpha value is -0.330. The summed E-state index contributed by atoms with van der Waals surface area (Å²) in [5.41, 5.74) is 1.45. The lowest BCUT2D eigenvalue weighted by Gasteiger charge is -2.12. The molecule has 3 nitrogen and oxygen atoms in total. The molecule has 0 saturated heterocycles. The molecule has 0 aliphatic carbocycles. The third-order valence-corrected chi connectivity index (χ3v) is 2.85. The maximum absolute atomic E-state index is 9.40. The first kappa shape index (κ1) is 13.7. The van der Waals surface area contributed by atoms with Gasteiger partial charge in [0.1, 0.15) is 6.61 Å². The molecule has 88 valence electrons. The Morgan fingerprint density at radius 2 is 2.38 bits per heavy atom. The zero-order valence-corrected chi connectivity index (χ0v) is 12.0. The molecule has 0 spiro atoms. The van der Waals surface area contributed by atoms with Crippen molar-refractivity contribution in [2.45, 2.75) is 20.0 Å². The maximum Gasteiger partial charge on any atom is 0.172 e. The predicted octanol–water partition coefficient (Wildman–Crippen LogP) is 3.35. The van der Waals surface area contributed by atoms with Gasteiger partial charge in [-0.2, -0.15) is 0 Å². The molecule has 0 aliphatic rings. The van der Waals surface area contributed by atoms with Crippen molar-refractivity contribution in [2.75, 3.05) is 6.61 Å². The summed E-state index contributed by atoms with van der Waals surface area (Å²) in [5, 5.41) is 9.67. The first-order valence-electron chi connectivity index (χ1n) is 4.73. The Kier molecular flexibility index (Phi) is 5.01. The van der Waals surface area contributed by atoms with E-state index in [2.05, 4.69) is 34.2 Å². The lowest BCUT2D eigenvalue weighted by molar-refractivity contribution is 0.194. The zero-order chi connectivity index (χ0) is 12.3. The highest BCUT2D eigenvalue weighted by atomic mass is 127. The molecule has 1 atom stereocenters. The number of hydrogen-bond donors (Lipinski definition) is 1. The Morgan fingerprint density at radius 3 is 2.81 bits per heavy atom. The number of pyridine rings is 1. The molecule has 0 amide bonds.